The number of esters is 1. The van der Waals surface area contributed by atoms with Crippen molar-refractivity contribution in [2.24, 2.45) is 5.92 Å². The van der Waals surface area contributed by atoms with E-state index in [9.17, 15) is 13.2 Å². The predicted octanol–water partition coefficient (Wildman–Crippen LogP) is 4.07. The number of hydrogen-bond acceptors (Lipinski definition) is 6. The lowest BCUT2D eigenvalue weighted by Crippen LogP contribution is -2.37. The number of fused-ring (bicyclic) bond motifs is 1. The fourth-order valence-electron chi connectivity index (χ4n) is 3.33. The molecular weight excluding hydrogens is 408 g/mol. The van der Waals surface area contributed by atoms with Gasteiger partial charge in [0.2, 0.25) is 10.0 Å². The maximum absolute atomic E-state index is 12.8. The molecule has 0 saturated carbocycles. The number of hydrogen-bond donors (Lipinski definition) is 0. The zero-order chi connectivity index (χ0) is 20.4. The van der Waals surface area contributed by atoms with Gasteiger partial charge >= 0.3 is 5.97 Å². The van der Waals surface area contributed by atoms with Crippen LogP contribution in [0.2, 0.25) is 0 Å². The molecule has 1 fully saturated rings. The third kappa shape index (κ3) is 4.34. The monoisotopic (exact) mass is 430 g/mol. The molecule has 4 rings (SSSR count). The number of para-hydroxylation sites is 1. The van der Waals surface area contributed by atoms with Crippen molar-refractivity contribution < 1.29 is 17.9 Å². The lowest BCUT2D eigenvalue weighted by Gasteiger charge is -2.29. The van der Waals surface area contributed by atoms with Crippen LogP contribution in [0.15, 0.2) is 53.4 Å². The molecule has 0 bridgehead atoms. The molecule has 2 heterocycles. The number of sulfonamides is 1. The van der Waals surface area contributed by atoms with Crippen LogP contribution in [-0.2, 0) is 21.4 Å². The van der Waals surface area contributed by atoms with E-state index < -0.39 is 16.0 Å². The Kier molecular flexibility index (Phi) is 5.67. The van der Waals surface area contributed by atoms with Crippen LogP contribution in [0.25, 0.3) is 10.2 Å². The van der Waals surface area contributed by atoms with Crippen LogP contribution in [0.1, 0.15) is 35.1 Å². The van der Waals surface area contributed by atoms with Gasteiger partial charge in [0.15, 0.2) is 0 Å². The summed E-state index contributed by atoms with van der Waals surface area (Å²) in [5, 5.41) is 0.720. The highest BCUT2D eigenvalue weighted by atomic mass is 32.2. The number of ether oxygens (including phenoxy) is 1. The molecule has 2 aromatic carbocycles. The number of piperidine rings is 1. The summed E-state index contributed by atoms with van der Waals surface area (Å²) >= 11 is 1.48. The number of thiazole rings is 1. The highest BCUT2D eigenvalue weighted by Gasteiger charge is 2.28. The van der Waals surface area contributed by atoms with E-state index in [0.717, 1.165) is 28.1 Å². The zero-order valence-corrected chi connectivity index (χ0v) is 17.7. The normalized spacial score (nSPS) is 16.2. The van der Waals surface area contributed by atoms with E-state index in [1.807, 2.05) is 24.3 Å². The first kappa shape index (κ1) is 20.0. The van der Waals surface area contributed by atoms with Gasteiger partial charge in [-0.1, -0.05) is 19.1 Å². The quantitative estimate of drug-likeness (QED) is 0.570. The van der Waals surface area contributed by atoms with E-state index in [0.29, 0.717) is 24.6 Å². The average Bonchev–Trinajstić information content (AvgIpc) is 3.15. The minimum Gasteiger partial charge on any atom is -0.455 e. The number of aromatic nitrogens is 1. The fraction of sp³-hybridized carbons (Fsp3) is 0.333. The van der Waals surface area contributed by atoms with E-state index in [4.69, 9.17) is 4.74 Å². The average molecular weight is 431 g/mol. The van der Waals surface area contributed by atoms with Crippen LogP contribution < -0.4 is 0 Å². The molecule has 0 N–H and O–H groups in total. The largest absolute Gasteiger partial charge is 0.455 e. The molecule has 1 aromatic heterocycles. The van der Waals surface area contributed by atoms with Gasteiger partial charge in [-0.15, -0.1) is 11.3 Å². The molecule has 0 radical (unpaired) electrons. The van der Waals surface area contributed by atoms with Gasteiger partial charge in [0.1, 0.15) is 11.6 Å². The smallest absolute Gasteiger partial charge is 0.338 e. The molecule has 29 heavy (non-hydrogen) atoms. The molecule has 3 aromatic rings. The third-order valence-corrected chi connectivity index (χ3v) is 8.06. The van der Waals surface area contributed by atoms with E-state index >= 15 is 0 Å². The lowest BCUT2D eigenvalue weighted by atomic mass is 10.0. The number of carbonyl (C=O) groups excluding carboxylic acids is 1. The molecule has 0 aliphatic carbocycles. The summed E-state index contributed by atoms with van der Waals surface area (Å²) in [6.45, 7) is 3.30. The molecule has 0 amide bonds. The van der Waals surface area contributed by atoms with Gasteiger partial charge in [0, 0.05) is 13.1 Å². The van der Waals surface area contributed by atoms with Gasteiger partial charge in [0.25, 0.3) is 0 Å². The van der Waals surface area contributed by atoms with Crippen molar-refractivity contribution in [1.82, 2.24) is 9.29 Å². The minimum atomic E-state index is -3.53. The summed E-state index contributed by atoms with van der Waals surface area (Å²) in [5.74, 6) is 0.0500. The number of benzene rings is 2. The van der Waals surface area contributed by atoms with Crippen LogP contribution in [0.4, 0.5) is 0 Å². The van der Waals surface area contributed by atoms with E-state index in [1.54, 1.807) is 0 Å². The molecule has 1 saturated heterocycles. The van der Waals surface area contributed by atoms with Crippen LogP contribution in [0.3, 0.4) is 0 Å². The second-order valence-electron chi connectivity index (χ2n) is 7.26. The van der Waals surface area contributed by atoms with Crippen molar-refractivity contribution in [1.29, 1.82) is 0 Å². The molecule has 8 heteroatoms. The van der Waals surface area contributed by atoms with E-state index in [2.05, 4.69) is 11.9 Å². The first-order valence-corrected chi connectivity index (χ1v) is 11.8. The summed E-state index contributed by atoms with van der Waals surface area (Å²) in [7, 11) is -3.53. The second-order valence-corrected chi connectivity index (χ2v) is 10.3. The van der Waals surface area contributed by atoms with Crippen LogP contribution >= 0.6 is 11.3 Å². The maximum Gasteiger partial charge on any atom is 0.338 e. The Morgan fingerprint density at radius 3 is 2.52 bits per heavy atom. The molecular formula is C21H22N2O4S2. The summed E-state index contributed by atoms with van der Waals surface area (Å²) in [4.78, 5) is 17.0. The fourth-order valence-corrected chi connectivity index (χ4v) is 5.68. The first-order chi connectivity index (χ1) is 13.9. The molecule has 6 nitrogen and oxygen atoms in total. The third-order valence-electron chi connectivity index (χ3n) is 5.14. The molecule has 1 aliphatic heterocycles. The Labute approximate surface area is 174 Å². The van der Waals surface area contributed by atoms with Gasteiger partial charge in [-0.25, -0.2) is 18.2 Å². The summed E-state index contributed by atoms with van der Waals surface area (Å²) in [6, 6.07) is 13.7. The van der Waals surface area contributed by atoms with Gasteiger partial charge < -0.3 is 4.74 Å². The maximum atomic E-state index is 12.8. The zero-order valence-electron chi connectivity index (χ0n) is 16.1. The number of carbonyl (C=O) groups is 1. The number of rotatable bonds is 5. The summed E-state index contributed by atoms with van der Waals surface area (Å²) in [6.07, 6.45) is 1.74. The molecule has 152 valence electrons. The number of nitrogens with zero attached hydrogens (tertiary/aromatic N) is 2. The Bertz CT molecular complexity index is 1080. The highest BCUT2D eigenvalue weighted by Crippen LogP contribution is 2.24. The van der Waals surface area contributed by atoms with E-state index in [1.165, 1.54) is 39.9 Å². The van der Waals surface area contributed by atoms with E-state index in [-0.39, 0.29) is 11.5 Å². The van der Waals surface area contributed by atoms with Gasteiger partial charge in [-0.05, 0) is 55.2 Å². The van der Waals surface area contributed by atoms with Crippen molar-refractivity contribution in [2.75, 3.05) is 13.1 Å². The molecule has 0 spiro atoms. The van der Waals surface area contributed by atoms with Crippen LogP contribution in [-0.4, -0.2) is 36.8 Å². The van der Waals surface area contributed by atoms with Crippen LogP contribution in [0, 0.1) is 5.92 Å². The van der Waals surface area contributed by atoms with Crippen molar-refractivity contribution >= 4 is 37.5 Å². The Morgan fingerprint density at radius 1 is 1.14 bits per heavy atom. The second kappa shape index (κ2) is 8.22. The standard InChI is InChI=1S/C21H22N2O4S2/c1-15-10-12-23(13-11-15)29(25,26)17-8-6-16(7-9-17)21(24)27-14-20-22-18-4-2-3-5-19(18)28-20/h2-9,15H,10-14H2,1H3. The Balaban J connectivity index is 1.41. The Hall–Kier alpha value is -2.29. The van der Waals surface area contributed by atoms with Gasteiger partial charge in [-0.3, -0.25) is 0 Å². The first-order valence-electron chi connectivity index (χ1n) is 9.55. The molecule has 1 aliphatic rings. The predicted molar refractivity (Wildman–Crippen MR) is 112 cm³/mol. The molecule has 0 atom stereocenters. The molecule has 0 unspecified atom stereocenters. The van der Waals surface area contributed by atoms with Crippen molar-refractivity contribution in [3.8, 4) is 0 Å². The topological polar surface area (TPSA) is 76.6 Å². The van der Waals surface area contributed by atoms with Gasteiger partial charge in [0.05, 0.1) is 20.7 Å². The van der Waals surface area contributed by atoms with Gasteiger partial charge in [-0.2, -0.15) is 4.31 Å². The summed E-state index contributed by atoms with van der Waals surface area (Å²) < 4.78 is 33.5. The highest BCUT2D eigenvalue weighted by molar-refractivity contribution is 7.89. The van der Waals surface area contributed by atoms with Crippen molar-refractivity contribution in [3.63, 3.8) is 0 Å². The van der Waals surface area contributed by atoms with Crippen molar-refractivity contribution in [2.45, 2.75) is 31.3 Å². The van der Waals surface area contributed by atoms with Crippen molar-refractivity contribution in [3.05, 3.63) is 59.1 Å². The SMILES string of the molecule is CC1CCN(S(=O)(=O)c2ccc(C(=O)OCc3nc4ccccc4s3)cc2)CC1. The Morgan fingerprint density at radius 2 is 1.83 bits per heavy atom. The lowest BCUT2D eigenvalue weighted by molar-refractivity contribution is 0.0472. The minimum absolute atomic E-state index is 0.0875. The van der Waals surface area contributed by atoms with Crippen LogP contribution in [0.5, 0.6) is 0 Å². The summed E-state index contributed by atoms with van der Waals surface area (Å²) in [5.41, 5.74) is 1.20.